The van der Waals surface area contributed by atoms with Gasteiger partial charge in [-0.1, -0.05) is 6.92 Å². The van der Waals surface area contributed by atoms with Gasteiger partial charge in [0.2, 0.25) is 0 Å². The Kier molecular flexibility index (Phi) is 5.98. The number of benzene rings is 1. The zero-order valence-electron chi connectivity index (χ0n) is 10.9. The number of nitrogens with zero attached hydrogens (tertiary/aromatic N) is 1. The molecule has 4 heteroatoms. The van der Waals surface area contributed by atoms with Crippen LogP contribution in [0.25, 0.3) is 0 Å². The van der Waals surface area contributed by atoms with Crippen molar-refractivity contribution in [1.29, 1.82) is 0 Å². The number of hydrogen-bond donors (Lipinski definition) is 2. The van der Waals surface area contributed by atoms with Crippen LogP contribution in [0.3, 0.4) is 0 Å². The molecule has 0 atom stereocenters. The molecule has 1 aromatic rings. The lowest BCUT2D eigenvalue weighted by Gasteiger charge is -2.24. The van der Waals surface area contributed by atoms with Crippen molar-refractivity contribution in [3.8, 4) is 0 Å². The van der Waals surface area contributed by atoms with Crippen LogP contribution in [-0.4, -0.2) is 33.1 Å². The summed E-state index contributed by atoms with van der Waals surface area (Å²) in [6, 6.07) is 6.39. The first-order valence-corrected chi connectivity index (χ1v) is 6.60. The lowest BCUT2D eigenvalue weighted by atomic mass is 10.2. The van der Waals surface area contributed by atoms with Gasteiger partial charge in [0, 0.05) is 38.8 Å². The molecule has 0 radical (unpaired) electrons. The van der Waals surface area contributed by atoms with Crippen LogP contribution in [0.15, 0.2) is 18.2 Å². The molecule has 0 unspecified atom stereocenters. The molecule has 0 aromatic heterocycles. The Morgan fingerprint density at radius 3 is 2.35 bits per heavy atom. The van der Waals surface area contributed by atoms with Gasteiger partial charge in [-0.2, -0.15) is 0 Å². The molecule has 1 rings (SSSR count). The van der Waals surface area contributed by atoms with Crippen LogP contribution in [0.5, 0.6) is 0 Å². The predicted octanol–water partition coefficient (Wildman–Crippen LogP) is 3.23. The molecule has 3 nitrogen and oxygen atoms in total. The number of alkyl halides is 1. The van der Waals surface area contributed by atoms with Crippen molar-refractivity contribution in [1.82, 2.24) is 0 Å². The number of hydrogen-bond acceptors (Lipinski definition) is 3. The molecule has 0 aliphatic rings. The first-order chi connectivity index (χ1) is 8.26. The van der Waals surface area contributed by atoms with E-state index in [0.29, 0.717) is 5.88 Å². The van der Waals surface area contributed by atoms with E-state index in [2.05, 4.69) is 40.7 Å². The molecule has 0 saturated carbocycles. The summed E-state index contributed by atoms with van der Waals surface area (Å²) >= 11 is 5.84. The average Bonchev–Trinajstić information content (AvgIpc) is 2.37. The fourth-order valence-corrected chi connectivity index (χ4v) is 2.10. The van der Waals surface area contributed by atoms with Gasteiger partial charge in [0.15, 0.2) is 0 Å². The fourth-order valence-electron chi connectivity index (χ4n) is 1.90. The lowest BCUT2D eigenvalue weighted by Crippen LogP contribution is -2.26. The molecule has 96 valence electrons. The molecule has 0 amide bonds. The molecule has 1 aromatic carbocycles. The normalized spacial score (nSPS) is 10.1. The Balaban J connectivity index is 2.94. The maximum Gasteiger partial charge on any atom is 0.0594 e. The Morgan fingerprint density at radius 2 is 1.82 bits per heavy atom. The number of halogens is 1. The van der Waals surface area contributed by atoms with E-state index >= 15 is 0 Å². The molecule has 0 saturated heterocycles. The second kappa shape index (κ2) is 7.28. The Morgan fingerprint density at radius 1 is 1.12 bits per heavy atom. The molecular formula is C13H22ClN3. The third-order valence-electron chi connectivity index (χ3n) is 2.75. The Hall–Kier alpha value is -1.09. The number of nitrogens with one attached hydrogen (secondary N) is 2. The Bertz CT molecular complexity index is 335. The van der Waals surface area contributed by atoms with Crippen LogP contribution in [-0.2, 0) is 0 Å². The second-order valence-corrected chi connectivity index (χ2v) is 4.28. The summed E-state index contributed by atoms with van der Waals surface area (Å²) < 4.78 is 0. The van der Waals surface area contributed by atoms with E-state index in [1.807, 2.05) is 14.1 Å². The third-order valence-corrected chi connectivity index (χ3v) is 2.92. The third kappa shape index (κ3) is 3.70. The van der Waals surface area contributed by atoms with Crippen molar-refractivity contribution >= 4 is 28.7 Å². The number of anilines is 3. The highest BCUT2D eigenvalue weighted by atomic mass is 35.5. The summed E-state index contributed by atoms with van der Waals surface area (Å²) in [5, 5.41) is 6.37. The van der Waals surface area contributed by atoms with Gasteiger partial charge in [-0.3, -0.25) is 0 Å². The maximum atomic E-state index is 5.84. The van der Waals surface area contributed by atoms with Gasteiger partial charge >= 0.3 is 0 Å². The van der Waals surface area contributed by atoms with Gasteiger partial charge in [-0.25, -0.2) is 0 Å². The molecular weight excluding hydrogens is 234 g/mol. The van der Waals surface area contributed by atoms with Crippen molar-refractivity contribution in [2.45, 2.75) is 13.3 Å². The van der Waals surface area contributed by atoms with Crippen molar-refractivity contribution in [2.75, 3.05) is 48.6 Å². The molecule has 0 spiro atoms. The summed E-state index contributed by atoms with van der Waals surface area (Å²) in [5.74, 6) is 0.655. The van der Waals surface area contributed by atoms with E-state index in [1.165, 1.54) is 5.69 Å². The zero-order chi connectivity index (χ0) is 12.7. The van der Waals surface area contributed by atoms with E-state index in [0.717, 1.165) is 30.9 Å². The van der Waals surface area contributed by atoms with Crippen molar-refractivity contribution in [3.05, 3.63) is 18.2 Å². The van der Waals surface area contributed by atoms with Gasteiger partial charge in [-0.15, -0.1) is 11.6 Å². The van der Waals surface area contributed by atoms with Crippen LogP contribution in [0.2, 0.25) is 0 Å². The average molecular weight is 256 g/mol. The van der Waals surface area contributed by atoms with Crippen LogP contribution < -0.4 is 15.5 Å². The van der Waals surface area contributed by atoms with Gasteiger partial charge in [-0.05, 0) is 24.6 Å². The summed E-state index contributed by atoms with van der Waals surface area (Å²) in [6.07, 6.45) is 1.12. The van der Waals surface area contributed by atoms with Gasteiger partial charge in [0.1, 0.15) is 0 Å². The summed E-state index contributed by atoms with van der Waals surface area (Å²) in [7, 11) is 3.87. The predicted molar refractivity (Wildman–Crippen MR) is 78.8 cm³/mol. The molecule has 0 aliphatic heterocycles. The fraction of sp³-hybridized carbons (Fsp3) is 0.538. The van der Waals surface area contributed by atoms with Gasteiger partial charge < -0.3 is 15.5 Å². The van der Waals surface area contributed by atoms with Gasteiger partial charge in [0.05, 0.1) is 11.4 Å². The highest BCUT2D eigenvalue weighted by Gasteiger charge is 2.07. The van der Waals surface area contributed by atoms with Gasteiger partial charge in [0.25, 0.3) is 0 Å². The monoisotopic (exact) mass is 255 g/mol. The molecule has 0 heterocycles. The van der Waals surface area contributed by atoms with E-state index in [1.54, 1.807) is 0 Å². The second-order valence-electron chi connectivity index (χ2n) is 3.91. The van der Waals surface area contributed by atoms with Crippen molar-refractivity contribution < 1.29 is 0 Å². The smallest absolute Gasteiger partial charge is 0.0594 e. The molecule has 0 bridgehead atoms. The van der Waals surface area contributed by atoms with Crippen LogP contribution in [0.4, 0.5) is 17.1 Å². The van der Waals surface area contributed by atoms with Crippen LogP contribution >= 0.6 is 11.6 Å². The highest BCUT2D eigenvalue weighted by molar-refractivity contribution is 6.18. The SMILES string of the molecule is CCCN(CCCl)c1ccc(NC)c(NC)c1. The first-order valence-electron chi connectivity index (χ1n) is 6.07. The maximum absolute atomic E-state index is 5.84. The van der Waals surface area contributed by atoms with Crippen molar-refractivity contribution in [3.63, 3.8) is 0 Å². The molecule has 17 heavy (non-hydrogen) atoms. The molecule has 2 N–H and O–H groups in total. The largest absolute Gasteiger partial charge is 0.386 e. The minimum absolute atomic E-state index is 0.655. The van der Waals surface area contributed by atoms with Crippen molar-refractivity contribution in [2.24, 2.45) is 0 Å². The lowest BCUT2D eigenvalue weighted by molar-refractivity contribution is 0.794. The van der Waals surface area contributed by atoms with E-state index in [-0.39, 0.29) is 0 Å². The first kappa shape index (κ1) is 14.0. The topological polar surface area (TPSA) is 27.3 Å². The van der Waals surface area contributed by atoms with Crippen LogP contribution in [0, 0.1) is 0 Å². The standard InChI is InChI=1S/C13H22ClN3/c1-4-8-17(9-7-14)11-5-6-12(15-2)13(10-11)16-3/h5-6,10,15-16H,4,7-9H2,1-3H3. The van der Waals surface area contributed by atoms with E-state index < -0.39 is 0 Å². The molecule has 0 aliphatic carbocycles. The Labute approximate surface area is 109 Å². The van der Waals surface area contributed by atoms with E-state index in [9.17, 15) is 0 Å². The van der Waals surface area contributed by atoms with Crippen LogP contribution in [0.1, 0.15) is 13.3 Å². The minimum Gasteiger partial charge on any atom is -0.386 e. The summed E-state index contributed by atoms with van der Waals surface area (Å²) in [4.78, 5) is 2.31. The summed E-state index contributed by atoms with van der Waals surface area (Å²) in [6.45, 7) is 4.11. The minimum atomic E-state index is 0.655. The van der Waals surface area contributed by atoms with E-state index in [4.69, 9.17) is 11.6 Å². The zero-order valence-corrected chi connectivity index (χ0v) is 11.6. The number of rotatable bonds is 7. The quantitative estimate of drug-likeness (QED) is 0.733. The highest BCUT2D eigenvalue weighted by Crippen LogP contribution is 2.27. The molecule has 0 fully saturated rings. The summed E-state index contributed by atoms with van der Waals surface area (Å²) in [5.41, 5.74) is 3.44.